The SMILES string of the molecule is CCNC(=O)CN(CC)S(=O)(=O)c1ccccc1Br. The van der Waals surface area contributed by atoms with E-state index in [0.717, 1.165) is 4.31 Å². The summed E-state index contributed by atoms with van der Waals surface area (Å²) in [5.74, 6) is -0.306. The van der Waals surface area contributed by atoms with Crippen molar-refractivity contribution in [3.8, 4) is 0 Å². The Morgan fingerprint density at radius 2 is 1.95 bits per heavy atom. The van der Waals surface area contributed by atoms with Gasteiger partial charge < -0.3 is 5.32 Å². The molecule has 1 aromatic carbocycles. The average Bonchev–Trinajstić information content (AvgIpc) is 2.36. The van der Waals surface area contributed by atoms with Crippen molar-refractivity contribution in [2.45, 2.75) is 18.7 Å². The summed E-state index contributed by atoms with van der Waals surface area (Å²) < 4.78 is 26.5. The lowest BCUT2D eigenvalue weighted by Gasteiger charge is -2.20. The highest BCUT2D eigenvalue weighted by Gasteiger charge is 2.26. The van der Waals surface area contributed by atoms with Crippen LogP contribution in [0.3, 0.4) is 0 Å². The lowest BCUT2D eigenvalue weighted by Crippen LogP contribution is -2.40. The van der Waals surface area contributed by atoms with Gasteiger partial charge in [0.1, 0.15) is 0 Å². The molecule has 0 aromatic heterocycles. The summed E-state index contributed by atoms with van der Waals surface area (Å²) in [6, 6.07) is 6.56. The molecule has 0 fully saturated rings. The molecule has 1 rings (SSSR count). The fourth-order valence-corrected chi connectivity index (χ4v) is 3.94. The van der Waals surface area contributed by atoms with E-state index < -0.39 is 10.0 Å². The van der Waals surface area contributed by atoms with Gasteiger partial charge in [-0.3, -0.25) is 4.79 Å². The van der Waals surface area contributed by atoms with Crippen LogP contribution in [0.1, 0.15) is 13.8 Å². The highest BCUT2D eigenvalue weighted by molar-refractivity contribution is 9.10. The Morgan fingerprint density at radius 3 is 2.47 bits per heavy atom. The first-order valence-electron chi connectivity index (χ1n) is 5.94. The quantitative estimate of drug-likeness (QED) is 0.848. The van der Waals surface area contributed by atoms with Crippen LogP contribution in [0.2, 0.25) is 0 Å². The topological polar surface area (TPSA) is 66.5 Å². The Kier molecular flexibility index (Phi) is 5.96. The second-order valence-corrected chi connectivity index (χ2v) is 6.58. The van der Waals surface area contributed by atoms with Crippen LogP contribution < -0.4 is 5.32 Å². The highest BCUT2D eigenvalue weighted by Crippen LogP contribution is 2.24. The van der Waals surface area contributed by atoms with Crippen LogP contribution in [-0.4, -0.2) is 38.3 Å². The number of likely N-dealkylation sites (N-methyl/N-ethyl adjacent to an activating group) is 2. The molecule has 1 aromatic rings. The fourth-order valence-electron chi connectivity index (χ4n) is 1.57. The summed E-state index contributed by atoms with van der Waals surface area (Å²) in [4.78, 5) is 11.7. The molecule has 1 amide bonds. The average molecular weight is 349 g/mol. The third kappa shape index (κ3) is 4.02. The molecule has 0 aliphatic carbocycles. The molecule has 0 aliphatic rings. The molecule has 7 heteroatoms. The molecule has 0 spiro atoms. The van der Waals surface area contributed by atoms with Crippen molar-refractivity contribution in [1.29, 1.82) is 0 Å². The number of sulfonamides is 1. The minimum absolute atomic E-state index is 0.168. The number of carbonyl (C=O) groups excluding carboxylic acids is 1. The number of hydrogen-bond donors (Lipinski definition) is 1. The van der Waals surface area contributed by atoms with Crippen molar-refractivity contribution in [3.05, 3.63) is 28.7 Å². The number of halogens is 1. The Hall–Kier alpha value is -0.920. The van der Waals surface area contributed by atoms with Gasteiger partial charge in [0.2, 0.25) is 15.9 Å². The van der Waals surface area contributed by atoms with E-state index in [0.29, 0.717) is 11.0 Å². The van der Waals surface area contributed by atoms with Gasteiger partial charge in [0.15, 0.2) is 0 Å². The standard InChI is InChI=1S/C12H17BrN2O3S/c1-3-14-12(16)9-15(4-2)19(17,18)11-8-6-5-7-10(11)13/h5-8H,3-4,9H2,1-2H3,(H,14,16). The summed E-state index contributed by atoms with van der Waals surface area (Å²) in [6.07, 6.45) is 0. The molecule has 0 atom stereocenters. The minimum atomic E-state index is -3.67. The number of rotatable bonds is 6. The number of nitrogens with zero attached hydrogens (tertiary/aromatic N) is 1. The Bertz CT molecular complexity index is 546. The largest absolute Gasteiger partial charge is 0.355 e. The molecule has 0 aliphatic heterocycles. The van der Waals surface area contributed by atoms with Crippen molar-refractivity contribution in [2.75, 3.05) is 19.6 Å². The first-order valence-corrected chi connectivity index (χ1v) is 8.18. The zero-order valence-electron chi connectivity index (χ0n) is 10.9. The van der Waals surface area contributed by atoms with Crippen molar-refractivity contribution < 1.29 is 13.2 Å². The van der Waals surface area contributed by atoms with E-state index in [1.54, 1.807) is 32.0 Å². The Morgan fingerprint density at radius 1 is 1.32 bits per heavy atom. The van der Waals surface area contributed by atoms with Gasteiger partial charge in [0.05, 0.1) is 11.4 Å². The van der Waals surface area contributed by atoms with Crippen molar-refractivity contribution in [3.63, 3.8) is 0 Å². The zero-order chi connectivity index (χ0) is 14.5. The molecule has 106 valence electrons. The van der Waals surface area contributed by atoms with E-state index in [2.05, 4.69) is 21.2 Å². The lowest BCUT2D eigenvalue weighted by atomic mass is 10.4. The zero-order valence-corrected chi connectivity index (χ0v) is 13.3. The van der Waals surface area contributed by atoms with E-state index >= 15 is 0 Å². The van der Waals surface area contributed by atoms with Crippen LogP contribution in [0, 0.1) is 0 Å². The minimum Gasteiger partial charge on any atom is -0.355 e. The molecule has 1 N–H and O–H groups in total. The third-order valence-corrected chi connectivity index (χ3v) is 5.43. The van der Waals surface area contributed by atoms with Gasteiger partial charge in [-0.15, -0.1) is 0 Å². The van der Waals surface area contributed by atoms with E-state index in [-0.39, 0.29) is 23.9 Å². The monoisotopic (exact) mass is 348 g/mol. The fraction of sp³-hybridized carbons (Fsp3) is 0.417. The molecular formula is C12H17BrN2O3S. The lowest BCUT2D eigenvalue weighted by molar-refractivity contribution is -0.121. The molecule has 19 heavy (non-hydrogen) atoms. The van der Waals surface area contributed by atoms with Gasteiger partial charge in [0.25, 0.3) is 0 Å². The van der Waals surface area contributed by atoms with Gasteiger partial charge in [-0.1, -0.05) is 19.1 Å². The molecule has 5 nitrogen and oxygen atoms in total. The smallest absolute Gasteiger partial charge is 0.244 e. The van der Waals surface area contributed by atoms with Crippen molar-refractivity contribution in [2.24, 2.45) is 0 Å². The van der Waals surface area contributed by atoms with Crippen molar-refractivity contribution in [1.82, 2.24) is 9.62 Å². The first kappa shape index (κ1) is 16.1. The highest BCUT2D eigenvalue weighted by atomic mass is 79.9. The van der Waals surface area contributed by atoms with Crippen LogP contribution in [0.5, 0.6) is 0 Å². The van der Waals surface area contributed by atoms with Crippen molar-refractivity contribution >= 4 is 31.9 Å². The first-order chi connectivity index (χ1) is 8.93. The van der Waals surface area contributed by atoms with E-state index in [9.17, 15) is 13.2 Å². The molecule has 0 saturated carbocycles. The van der Waals surface area contributed by atoms with E-state index in [1.807, 2.05) is 0 Å². The van der Waals surface area contributed by atoms with Crippen LogP contribution >= 0.6 is 15.9 Å². The summed E-state index contributed by atoms with van der Waals surface area (Å²) in [6.45, 7) is 4.03. The third-order valence-electron chi connectivity index (χ3n) is 2.50. The second-order valence-electron chi connectivity index (χ2n) is 3.82. The molecule has 0 heterocycles. The maximum absolute atomic E-state index is 12.4. The number of hydrogen-bond acceptors (Lipinski definition) is 3. The van der Waals surface area contributed by atoms with Gasteiger partial charge in [-0.2, -0.15) is 4.31 Å². The molecule has 0 saturated heterocycles. The number of nitrogens with one attached hydrogen (secondary N) is 1. The summed E-state index contributed by atoms with van der Waals surface area (Å²) in [5, 5.41) is 2.59. The van der Waals surface area contributed by atoms with Crippen LogP contribution in [-0.2, 0) is 14.8 Å². The molecule has 0 unspecified atom stereocenters. The van der Waals surface area contributed by atoms with Crippen LogP contribution in [0.25, 0.3) is 0 Å². The molecule has 0 radical (unpaired) electrons. The number of carbonyl (C=O) groups is 1. The summed E-state index contributed by atoms with van der Waals surface area (Å²) in [7, 11) is -3.67. The number of amides is 1. The molecule has 0 bridgehead atoms. The summed E-state index contributed by atoms with van der Waals surface area (Å²) >= 11 is 3.22. The van der Waals surface area contributed by atoms with Gasteiger partial charge in [-0.25, -0.2) is 8.42 Å². The number of benzene rings is 1. The Balaban J connectivity index is 3.03. The van der Waals surface area contributed by atoms with Gasteiger partial charge in [-0.05, 0) is 35.0 Å². The second kappa shape index (κ2) is 7.02. The van der Waals surface area contributed by atoms with Gasteiger partial charge in [0, 0.05) is 17.6 Å². The van der Waals surface area contributed by atoms with E-state index in [1.165, 1.54) is 6.07 Å². The van der Waals surface area contributed by atoms with Crippen LogP contribution in [0.4, 0.5) is 0 Å². The van der Waals surface area contributed by atoms with Crippen LogP contribution in [0.15, 0.2) is 33.6 Å². The van der Waals surface area contributed by atoms with E-state index in [4.69, 9.17) is 0 Å². The predicted molar refractivity (Wildman–Crippen MR) is 77.3 cm³/mol. The normalized spacial score (nSPS) is 11.6. The molecular weight excluding hydrogens is 332 g/mol. The maximum Gasteiger partial charge on any atom is 0.244 e. The van der Waals surface area contributed by atoms with Gasteiger partial charge >= 0.3 is 0 Å². The predicted octanol–water partition coefficient (Wildman–Crippen LogP) is 1.60. The summed E-state index contributed by atoms with van der Waals surface area (Å²) in [5.41, 5.74) is 0. The Labute approximate surface area is 122 Å². The maximum atomic E-state index is 12.4.